The van der Waals surface area contributed by atoms with Gasteiger partial charge in [-0.3, -0.25) is 14.1 Å². The summed E-state index contributed by atoms with van der Waals surface area (Å²) in [5.74, 6) is -110. The average molecular weight is 2050 g/mol. The second-order valence-electron chi connectivity index (χ2n) is 22.8. The predicted octanol–water partition coefficient (Wildman–Crippen LogP) is 28.4. The van der Waals surface area contributed by atoms with Crippen molar-refractivity contribution in [1.82, 2.24) is 0 Å². The summed E-state index contributed by atoms with van der Waals surface area (Å²) >= 11 is 0. The largest absolute Gasteiger partial charge is 0.572 e. The van der Waals surface area contributed by atoms with Crippen LogP contribution in [0.25, 0.3) is 0 Å². The topological polar surface area (TPSA) is 92.3 Å². The van der Waals surface area contributed by atoms with Crippen LogP contribution in [0.2, 0.25) is 0 Å². The highest BCUT2D eigenvalue weighted by molar-refractivity contribution is 5.15. The number of halogens is 58. The zero-order chi connectivity index (χ0) is 103. The lowest BCUT2D eigenvalue weighted by Gasteiger charge is -2.42. The van der Waals surface area contributed by atoms with Gasteiger partial charge < -0.3 is 42.6 Å². The van der Waals surface area contributed by atoms with E-state index in [1.165, 1.54) is 70.6 Å². The van der Waals surface area contributed by atoms with E-state index in [4.69, 9.17) is 9.47 Å². The van der Waals surface area contributed by atoms with E-state index in [1.807, 2.05) is 4.74 Å². The Kier molecular flexibility index (Phi) is 52.6. The maximum atomic E-state index is 13.5. The van der Waals surface area contributed by atoms with Crippen molar-refractivity contribution in [2.45, 2.75) is 247 Å². The highest BCUT2D eigenvalue weighted by Crippen LogP contribution is 2.65. The van der Waals surface area contributed by atoms with E-state index < -0.39 is 196 Å². The van der Waals surface area contributed by atoms with Gasteiger partial charge in [0.1, 0.15) is 0 Å². The summed E-state index contributed by atoms with van der Waals surface area (Å²) < 4.78 is 727. The molecule has 2 rings (SSSR count). The number of hydrogen-bond acceptors (Lipinski definition) is 10. The molecule has 0 heterocycles. The lowest BCUT2D eigenvalue weighted by Crippen LogP contribution is -2.74. The Labute approximate surface area is 678 Å². The van der Waals surface area contributed by atoms with Crippen molar-refractivity contribution in [3.8, 4) is 0 Å². The molecular formula is C60H62F58O10. The monoisotopic (exact) mass is 2040 g/mol. The lowest BCUT2D eigenvalue weighted by atomic mass is 9.87. The fraction of sp³-hybridized carbons (Fsp3) is 0.733. The first-order valence-corrected chi connectivity index (χ1v) is 31.3. The Hall–Kier alpha value is -7.82. The molecule has 2 aliphatic rings. The van der Waals surface area contributed by atoms with Crippen LogP contribution in [0.1, 0.15) is 77.0 Å². The van der Waals surface area contributed by atoms with Crippen LogP contribution >= 0.6 is 0 Å². The molecule has 0 aromatic rings. The third-order valence-electron chi connectivity index (χ3n) is 14.1. The van der Waals surface area contributed by atoms with E-state index in [9.17, 15) is 246 Å². The third kappa shape index (κ3) is 32.9. The summed E-state index contributed by atoms with van der Waals surface area (Å²) in [6.45, 7) is 21.2. The van der Waals surface area contributed by atoms with Gasteiger partial charge in [-0.05, 0) is 38.0 Å². The average Bonchev–Trinajstić information content (AvgIpc) is 0.697. The molecule has 2 unspecified atom stereocenters. The first kappa shape index (κ1) is 136. The molecule has 0 aliphatic heterocycles. The molecule has 128 heavy (non-hydrogen) atoms. The number of rotatable bonds is 39. The Balaban J connectivity index is -0.000000223. The minimum atomic E-state index is -8.61. The Morgan fingerprint density at radius 3 is 0.875 bits per heavy atom. The van der Waals surface area contributed by atoms with Crippen LogP contribution in [0.5, 0.6) is 0 Å². The van der Waals surface area contributed by atoms with Gasteiger partial charge in [-0.1, -0.05) is 91.2 Å². The van der Waals surface area contributed by atoms with Crippen molar-refractivity contribution in [1.29, 1.82) is 0 Å². The molecule has 0 aromatic heterocycles. The van der Waals surface area contributed by atoms with Crippen molar-refractivity contribution in [2.24, 2.45) is 5.92 Å². The zero-order valence-corrected chi connectivity index (χ0v) is 62.1. The smallest absolute Gasteiger partial charge is 0.502 e. The first-order chi connectivity index (χ1) is 55.6. The predicted molar refractivity (Wildman–Crippen MR) is 315 cm³/mol. The molecular weight excluding hydrogens is 1980 g/mol. The molecule has 2 atom stereocenters. The molecule has 68 heteroatoms. The van der Waals surface area contributed by atoms with Crippen molar-refractivity contribution in [3.63, 3.8) is 0 Å². The second-order valence-corrected chi connectivity index (χ2v) is 22.8. The number of ether oxygens (including phenoxy) is 10. The van der Waals surface area contributed by atoms with E-state index in [0.29, 0.717) is 12.4 Å². The van der Waals surface area contributed by atoms with E-state index in [1.54, 1.807) is 12.5 Å². The molecule has 0 N–H and O–H groups in total. The number of hydrogen-bond donors (Lipinski definition) is 0. The minimum absolute atomic E-state index is 0. The number of alkyl halides is 56. The highest BCUT2D eigenvalue weighted by Gasteiger charge is 2.96. The maximum Gasteiger partial charge on any atom is 0.572 e. The van der Waals surface area contributed by atoms with Gasteiger partial charge in [0.15, 0.2) is 0 Å². The van der Waals surface area contributed by atoms with E-state index in [0.717, 1.165) is 12.5 Å². The standard InChI is InChI=1S/C12H7F17O.C10H18O.C9H6F12O3.C8H4F12O.C8H14O.C6H4F8O.C4H4F4O.C3H3F3O.2FH/c1-2-30-4-3-5(13,14)6(15,16)7(17,18)8(19,20)9(21,22)10(23,24)11(25,26)12(27,28)29;1-2-11-9-8-10-6-4-3-5-7-10;1-3-23-8(18,19)5(11,7(15,16)17)24-9(20,21)4(10,22-2)6(12,13)14;1-2-21-8(19,20)7(17,18)6(15,16)5(13,14)4(11,12)3(9)10;1-2-9-8-6-4-3-5-7-8;1-2-15-6(13,14)5(11,12)4(9,10)3(7)8;1-2-9-4(7,8)3(5)6;1-2-7-3(4,5)6;;/h2H,1,3-4H2;2,10H,1,3-9H2;3H,1H2,2H3;2-3H,1H2;2,8H,1,3-7H2;2-3H,1H2;2-3H,1H2;2H,1H2;2*1H. The van der Waals surface area contributed by atoms with Crippen molar-refractivity contribution in [3.05, 3.63) is 103 Å². The maximum absolute atomic E-state index is 13.5. The SMILES string of the molecule is C=COC(F)(F)C(F)(F)C(F)(F)C(F)(F)C(F)(F)C(F)F.C=COC(F)(F)C(F)(F)C(F)(F)C(F)F.C=COC(F)(F)C(F)(OC(F)(F)C(F)(OC)C(F)(F)F)C(F)(F)F.C=COC(F)(F)C(F)F.C=COC(F)(F)F.C=COC1CCCCC1.C=COCCC(F)(F)C(F)(F)C(F)(F)C(F)(F)C(F)(F)C(F)(F)C(F)(F)C(F)(F)F.C=COCCC1CCCCC1.F.F. The fourth-order valence-corrected chi connectivity index (χ4v) is 7.53. The molecule has 0 bridgehead atoms. The summed E-state index contributed by atoms with van der Waals surface area (Å²) in [6.07, 6.45) is -55.1. The summed E-state index contributed by atoms with van der Waals surface area (Å²) in [6, 6.07) is 0. The summed E-state index contributed by atoms with van der Waals surface area (Å²) in [4.78, 5) is 0. The van der Waals surface area contributed by atoms with Crippen LogP contribution in [0.15, 0.2) is 103 Å². The Bertz CT molecular complexity index is 3210. The van der Waals surface area contributed by atoms with Crippen LogP contribution < -0.4 is 0 Å². The van der Waals surface area contributed by atoms with Gasteiger partial charge in [-0.25, -0.2) is 17.6 Å². The van der Waals surface area contributed by atoms with Gasteiger partial charge in [0.25, 0.3) is 0 Å². The van der Waals surface area contributed by atoms with Crippen LogP contribution in [0, 0.1) is 5.92 Å². The molecule has 0 saturated heterocycles. The van der Waals surface area contributed by atoms with Gasteiger partial charge in [0, 0.05) is 7.11 Å². The van der Waals surface area contributed by atoms with Gasteiger partial charge in [-0.15, -0.1) is 13.2 Å². The Morgan fingerprint density at radius 1 is 0.289 bits per heavy atom. The molecule has 768 valence electrons. The van der Waals surface area contributed by atoms with E-state index >= 15 is 0 Å². The van der Waals surface area contributed by atoms with Crippen LogP contribution in [0.3, 0.4) is 0 Å². The summed E-state index contributed by atoms with van der Waals surface area (Å²) in [7, 11) is -0.406. The van der Waals surface area contributed by atoms with Crippen LogP contribution in [-0.4, -0.2) is 190 Å². The molecule has 0 amide bonds. The van der Waals surface area contributed by atoms with Crippen molar-refractivity contribution < 1.29 is 303 Å². The second kappa shape index (κ2) is 49.6. The molecule has 0 aromatic carbocycles. The third-order valence-corrected chi connectivity index (χ3v) is 14.1. The highest BCUT2D eigenvalue weighted by atomic mass is 19.5. The van der Waals surface area contributed by atoms with Crippen molar-refractivity contribution >= 4 is 0 Å². The summed E-state index contributed by atoms with van der Waals surface area (Å²) in [5.41, 5.74) is 0. The molecule has 2 saturated carbocycles. The van der Waals surface area contributed by atoms with E-state index in [-0.39, 0.29) is 28.2 Å². The fourth-order valence-electron chi connectivity index (χ4n) is 7.53. The minimum Gasteiger partial charge on any atom is -0.502 e. The first-order valence-electron chi connectivity index (χ1n) is 31.3. The van der Waals surface area contributed by atoms with Crippen LogP contribution in [0.4, 0.5) is 255 Å². The van der Waals surface area contributed by atoms with Gasteiger partial charge in [0.05, 0.1) is 75.8 Å². The zero-order valence-electron chi connectivity index (χ0n) is 62.1. The number of methoxy groups -OCH3 is 1. The molecule has 2 aliphatic carbocycles. The van der Waals surface area contributed by atoms with Gasteiger partial charge in [0.2, 0.25) is 0 Å². The Morgan fingerprint density at radius 2 is 0.594 bits per heavy atom. The molecule has 2 fully saturated rings. The van der Waals surface area contributed by atoms with Crippen molar-refractivity contribution in [2.75, 3.05) is 20.3 Å². The van der Waals surface area contributed by atoms with Crippen LogP contribution in [-0.2, 0) is 47.4 Å². The van der Waals surface area contributed by atoms with Gasteiger partial charge >= 0.3 is 163 Å². The molecule has 0 radical (unpaired) electrons. The quantitative estimate of drug-likeness (QED) is 0.0337. The lowest BCUT2D eigenvalue weighted by molar-refractivity contribution is -0.539. The molecule has 0 spiro atoms. The molecule has 10 nitrogen and oxygen atoms in total. The van der Waals surface area contributed by atoms with E-state index in [2.05, 4.69) is 85.8 Å². The summed E-state index contributed by atoms with van der Waals surface area (Å²) in [5, 5.41) is 0. The van der Waals surface area contributed by atoms with Gasteiger partial charge in [-0.2, -0.15) is 215 Å². The normalized spacial score (nSPS) is 16.1.